The van der Waals surface area contributed by atoms with E-state index in [-0.39, 0.29) is 6.04 Å². The molecule has 2 aromatic carbocycles. The number of nitrogens with one attached hydrogen (secondary N) is 2. The van der Waals surface area contributed by atoms with Gasteiger partial charge in [0, 0.05) is 44.9 Å². The Labute approximate surface area is 190 Å². The number of guanidine groups is 1. The molecule has 0 bridgehead atoms. The first-order valence-electron chi connectivity index (χ1n) is 10.8. The summed E-state index contributed by atoms with van der Waals surface area (Å²) in [5, 5.41) is 6.86. The van der Waals surface area contributed by atoms with Gasteiger partial charge in [-0.1, -0.05) is 12.1 Å². The molecule has 1 aliphatic heterocycles. The number of ether oxygens (including phenoxy) is 4. The monoisotopic (exact) mass is 442 g/mol. The van der Waals surface area contributed by atoms with Crippen LogP contribution in [0.1, 0.15) is 17.2 Å². The van der Waals surface area contributed by atoms with Crippen molar-refractivity contribution >= 4 is 5.96 Å². The molecule has 1 aliphatic rings. The molecular formula is C24H34N4O4. The third-order valence-electron chi connectivity index (χ3n) is 5.61. The maximum Gasteiger partial charge on any atom is 0.191 e. The lowest BCUT2D eigenvalue weighted by Crippen LogP contribution is -2.46. The van der Waals surface area contributed by atoms with E-state index in [0.717, 1.165) is 55.1 Å². The van der Waals surface area contributed by atoms with Gasteiger partial charge in [-0.05, 0) is 29.8 Å². The maximum absolute atomic E-state index is 5.56. The number of rotatable bonds is 9. The van der Waals surface area contributed by atoms with E-state index in [2.05, 4.69) is 32.7 Å². The maximum atomic E-state index is 5.56. The highest BCUT2D eigenvalue weighted by Crippen LogP contribution is 2.25. The van der Waals surface area contributed by atoms with Crippen molar-refractivity contribution in [3.8, 4) is 17.2 Å². The molecular weight excluding hydrogens is 408 g/mol. The normalized spacial score (nSPS) is 15.7. The predicted octanol–water partition coefficient (Wildman–Crippen LogP) is 2.45. The van der Waals surface area contributed by atoms with Crippen LogP contribution in [0.15, 0.2) is 47.5 Å². The van der Waals surface area contributed by atoms with E-state index < -0.39 is 0 Å². The first-order chi connectivity index (χ1) is 15.7. The summed E-state index contributed by atoms with van der Waals surface area (Å²) in [5.41, 5.74) is 2.25. The highest BCUT2D eigenvalue weighted by atomic mass is 16.5. The van der Waals surface area contributed by atoms with Crippen molar-refractivity contribution in [1.82, 2.24) is 15.5 Å². The van der Waals surface area contributed by atoms with Crippen molar-refractivity contribution < 1.29 is 18.9 Å². The van der Waals surface area contributed by atoms with E-state index in [0.29, 0.717) is 13.1 Å². The van der Waals surface area contributed by atoms with Gasteiger partial charge >= 0.3 is 0 Å². The Morgan fingerprint density at radius 2 is 1.66 bits per heavy atom. The standard InChI is InChI=1S/C24H34N4O4/c1-25-24(26-16-19-7-10-21(30-3)15-23(19)31-4)27-17-22(28-11-13-32-14-12-28)18-5-8-20(29-2)9-6-18/h5-10,15,22H,11-14,16-17H2,1-4H3,(H2,25,26,27). The van der Waals surface area contributed by atoms with Gasteiger partial charge in [0.15, 0.2) is 5.96 Å². The van der Waals surface area contributed by atoms with Gasteiger partial charge in [0.05, 0.1) is 40.6 Å². The number of hydrogen-bond acceptors (Lipinski definition) is 6. The van der Waals surface area contributed by atoms with Gasteiger partial charge in [-0.2, -0.15) is 0 Å². The van der Waals surface area contributed by atoms with Crippen molar-refractivity contribution in [3.63, 3.8) is 0 Å². The lowest BCUT2D eigenvalue weighted by Gasteiger charge is -2.35. The van der Waals surface area contributed by atoms with Crippen LogP contribution in [-0.2, 0) is 11.3 Å². The molecule has 2 aromatic rings. The molecule has 0 aliphatic carbocycles. The average molecular weight is 443 g/mol. The van der Waals surface area contributed by atoms with Crippen LogP contribution in [0.2, 0.25) is 0 Å². The Hall–Kier alpha value is -2.97. The molecule has 8 nitrogen and oxygen atoms in total. The van der Waals surface area contributed by atoms with E-state index in [9.17, 15) is 0 Å². The second-order valence-electron chi connectivity index (χ2n) is 7.42. The first kappa shape index (κ1) is 23.7. The van der Waals surface area contributed by atoms with E-state index in [1.165, 1.54) is 5.56 Å². The lowest BCUT2D eigenvalue weighted by molar-refractivity contribution is 0.0170. The molecule has 1 saturated heterocycles. The van der Waals surface area contributed by atoms with Gasteiger partial charge < -0.3 is 29.6 Å². The molecule has 1 heterocycles. The number of benzene rings is 2. The van der Waals surface area contributed by atoms with E-state index in [1.54, 1.807) is 28.4 Å². The Balaban J connectivity index is 1.65. The molecule has 32 heavy (non-hydrogen) atoms. The Kier molecular flexibility index (Phi) is 9.01. The highest BCUT2D eigenvalue weighted by molar-refractivity contribution is 5.79. The molecule has 0 amide bonds. The van der Waals surface area contributed by atoms with Gasteiger partial charge in [0.1, 0.15) is 17.2 Å². The second-order valence-corrected chi connectivity index (χ2v) is 7.42. The van der Waals surface area contributed by atoms with Crippen LogP contribution < -0.4 is 24.8 Å². The third-order valence-corrected chi connectivity index (χ3v) is 5.61. The molecule has 1 atom stereocenters. The Bertz CT molecular complexity index is 867. The van der Waals surface area contributed by atoms with E-state index in [4.69, 9.17) is 18.9 Å². The molecule has 0 saturated carbocycles. The molecule has 8 heteroatoms. The van der Waals surface area contributed by atoms with Crippen molar-refractivity contribution in [2.24, 2.45) is 4.99 Å². The minimum Gasteiger partial charge on any atom is -0.497 e. The fourth-order valence-corrected chi connectivity index (χ4v) is 3.76. The zero-order valence-electron chi connectivity index (χ0n) is 19.4. The van der Waals surface area contributed by atoms with Crippen LogP contribution in [0.5, 0.6) is 17.2 Å². The quantitative estimate of drug-likeness (QED) is 0.456. The molecule has 1 unspecified atom stereocenters. The van der Waals surface area contributed by atoms with Gasteiger partial charge in [0.25, 0.3) is 0 Å². The van der Waals surface area contributed by atoms with E-state index in [1.807, 2.05) is 30.3 Å². The molecule has 174 valence electrons. The van der Waals surface area contributed by atoms with Crippen molar-refractivity contribution in [1.29, 1.82) is 0 Å². The number of hydrogen-bond donors (Lipinski definition) is 2. The zero-order chi connectivity index (χ0) is 22.8. The Morgan fingerprint density at radius 1 is 0.969 bits per heavy atom. The minimum atomic E-state index is 0.193. The fraction of sp³-hybridized carbons (Fsp3) is 0.458. The third kappa shape index (κ3) is 6.27. The SMILES string of the molecule is CN=C(NCc1ccc(OC)cc1OC)NCC(c1ccc(OC)cc1)N1CCOCC1. The predicted molar refractivity (Wildman–Crippen MR) is 126 cm³/mol. The Morgan fingerprint density at radius 3 is 2.28 bits per heavy atom. The smallest absolute Gasteiger partial charge is 0.191 e. The largest absolute Gasteiger partial charge is 0.497 e. The number of aliphatic imine (C=N–C) groups is 1. The van der Waals surface area contributed by atoms with Crippen LogP contribution in [-0.4, -0.2) is 72.1 Å². The molecule has 0 spiro atoms. The van der Waals surface area contributed by atoms with Gasteiger partial charge in [0.2, 0.25) is 0 Å². The van der Waals surface area contributed by atoms with Crippen LogP contribution in [0.3, 0.4) is 0 Å². The van der Waals surface area contributed by atoms with Crippen LogP contribution in [0.25, 0.3) is 0 Å². The van der Waals surface area contributed by atoms with Gasteiger partial charge in [-0.15, -0.1) is 0 Å². The number of morpholine rings is 1. The van der Waals surface area contributed by atoms with Crippen molar-refractivity contribution in [3.05, 3.63) is 53.6 Å². The summed E-state index contributed by atoms with van der Waals surface area (Å²) < 4.78 is 21.7. The van der Waals surface area contributed by atoms with Gasteiger partial charge in [-0.3, -0.25) is 9.89 Å². The summed E-state index contributed by atoms with van der Waals surface area (Å²) in [7, 11) is 6.76. The molecule has 1 fully saturated rings. The van der Waals surface area contributed by atoms with Crippen LogP contribution in [0, 0.1) is 0 Å². The summed E-state index contributed by atoms with van der Waals surface area (Å²) in [4.78, 5) is 6.84. The summed E-state index contributed by atoms with van der Waals surface area (Å²) in [5.74, 6) is 3.13. The highest BCUT2D eigenvalue weighted by Gasteiger charge is 2.23. The van der Waals surface area contributed by atoms with E-state index >= 15 is 0 Å². The topological polar surface area (TPSA) is 76.6 Å². The zero-order valence-corrected chi connectivity index (χ0v) is 19.4. The van der Waals surface area contributed by atoms with Crippen molar-refractivity contribution in [2.75, 3.05) is 61.2 Å². The second kappa shape index (κ2) is 12.2. The summed E-state index contributed by atoms with van der Waals surface area (Å²) in [6, 6.07) is 14.2. The van der Waals surface area contributed by atoms with Gasteiger partial charge in [-0.25, -0.2) is 0 Å². The molecule has 0 aromatic heterocycles. The van der Waals surface area contributed by atoms with Crippen LogP contribution in [0.4, 0.5) is 0 Å². The summed E-state index contributed by atoms with van der Waals surface area (Å²) >= 11 is 0. The minimum absolute atomic E-state index is 0.193. The fourth-order valence-electron chi connectivity index (χ4n) is 3.76. The lowest BCUT2D eigenvalue weighted by atomic mass is 10.0. The number of nitrogens with zero attached hydrogens (tertiary/aromatic N) is 2. The molecule has 2 N–H and O–H groups in total. The molecule has 0 radical (unpaired) electrons. The van der Waals surface area contributed by atoms with Crippen LogP contribution >= 0.6 is 0 Å². The molecule has 3 rings (SSSR count). The first-order valence-corrected chi connectivity index (χ1v) is 10.8. The number of methoxy groups -OCH3 is 3. The van der Waals surface area contributed by atoms with Crippen molar-refractivity contribution in [2.45, 2.75) is 12.6 Å². The summed E-state index contributed by atoms with van der Waals surface area (Å²) in [6.07, 6.45) is 0. The average Bonchev–Trinajstić information content (AvgIpc) is 2.86. The summed E-state index contributed by atoms with van der Waals surface area (Å²) in [6.45, 7) is 4.58.